The van der Waals surface area contributed by atoms with Crippen molar-refractivity contribution in [1.29, 1.82) is 0 Å². The van der Waals surface area contributed by atoms with E-state index < -0.39 is 35.5 Å². The number of aliphatic hydroxyl groups excluding tert-OH is 1. The molecule has 0 bridgehead atoms. The predicted octanol–water partition coefficient (Wildman–Crippen LogP) is 3.54. The molecule has 3 rings (SSSR count). The fourth-order valence-corrected chi connectivity index (χ4v) is 3.97. The minimum Gasteiger partial charge on any atom is -0.391 e. The summed E-state index contributed by atoms with van der Waals surface area (Å²) in [5.41, 5.74) is 3.07. The number of amides is 2. The van der Waals surface area contributed by atoms with Crippen molar-refractivity contribution < 1.29 is 23.9 Å². The Kier molecular flexibility index (Phi) is 9.44. The maximum Gasteiger partial charge on any atom is 0.271 e. The Morgan fingerprint density at radius 1 is 1.08 bits per heavy atom. The van der Waals surface area contributed by atoms with Gasteiger partial charge in [0.15, 0.2) is 0 Å². The first-order valence-corrected chi connectivity index (χ1v) is 11.9. The number of para-hydroxylation sites is 2. The standard InChI is InChI=1S/C27H33FN4O4/c1-27(2,28)14-13-19(25(34)32-36-3)16-24(33)22(15-18-9-5-4-6-10-18)31-26(35)23-17-29-20-11-7-8-12-21(20)30-23/h4-12,17,19,22,24,33H,13-16H2,1-3H3,(H,31,35)(H,32,34)/t19-,22+,24+/m1/s1. The molecule has 0 aliphatic heterocycles. The summed E-state index contributed by atoms with van der Waals surface area (Å²) in [6.45, 7) is 2.88. The Morgan fingerprint density at radius 2 is 1.75 bits per heavy atom. The Hall–Kier alpha value is -3.43. The van der Waals surface area contributed by atoms with Crippen LogP contribution in [0.4, 0.5) is 4.39 Å². The highest BCUT2D eigenvalue weighted by Gasteiger charge is 2.30. The summed E-state index contributed by atoms with van der Waals surface area (Å²) in [6, 6.07) is 15.9. The summed E-state index contributed by atoms with van der Waals surface area (Å²) in [5, 5.41) is 14.1. The van der Waals surface area contributed by atoms with Gasteiger partial charge in [0, 0.05) is 5.92 Å². The smallest absolute Gasteiger partial charge is 0.271 e. The number of aromatic nitrogens is 2. The van der Waals surface area contributed by atoms with Crippen LogP contribution in [0.25, 0.3) is 11.0 Å². The molecule has 3 aromatic rings. The average Bonchev–Trinajstić information content (AvgIpc) is 2.85. The van der Waals surface area contributed by atoms with Crippen LogP contribution < -0.4 is 10.8 Å². The Balaban J connectivity index is 1.80. The van der Waals surface area contributed by atoms with E-state index in [1.54, 1.807) is 12.1 Å². The van der Waals surface area contributed by atoms with Crippen molar-refractivity contribution >= 4 is 22.8 Å². The summed E-state index contributed by atoms with van der Waals surface area (Å²) >= 11 is 0. The predicted molar refractivity (Wildman–Crippen MR) is 135 cm³/mol. The van der Waals surface area contributed by atoms with Gasteiger partial charge in [-0.15, -0.1) is 0 Å². The molecule has 2 amide bonds. The van der Waals surface area contributed by atoms with Gasteiger partial charge in [0.05, 0.1) is 36.5 Å². The van der Waals surface area contributed by atoms with Crippen molar-refractivity contribution in [2.24, 2.45) is 5.92 Å². The van der Waals surface area contributed by atoms with Gasteiger partial charge in [-0.2, -0.15) is 0 Å². The molecular weight excluding hydrogens is 463 g/mol. The number of carbonyl (C=O) groups excluding carboxylic acids is 2. The molecule has 0 saturated heterocycles. The van der Waals surface area contributed by atoms with Crippen LogP contribution in [0.1, 0.15) is 49.2 Å². The van der Waals surface area contributed by atoms with Crippen LogP contribution in [-0.2, 0) is 16.1 Å². The summed E-state index contributed by atoms with van der Waals surface area (Å²) in [7, 11) is 1.31. The van der Waals surface area contributed by atoms with Crippen LogP contribution >= 0.6 is 0 Å². The molecule has 3 N–H and O–H groups in total. The number of halogens is 1. The van der Waals surface area contributed by atoms with E-state index in [4.69, 9.17) is 4.84 Å². The number of hydrogen-bond donors (Lipinski definition) is 3. The highest BCUT2D eigenvalue weighted by Crippen LogP contribution is 2.24. The lowest BCUT2D eigenvalue weighted by Crippen LogP contribution is -2.47. The van der Waals surface area contributed by atoms with Crippen LogP contribution in [0.15, 0.2) is 60.8 Å². The Labute approximate surface area is 210 Å². The van der Waals surface area contributed by atoms with Crippen molar-refractivity contribution in [3.8, 4) is 0 Å². The van der Waals surface area contributed by atoms with Gasteiger partial charge < -0.3 is 10.4 Å². The quantitative estimate of drug-likeness (QED) is 0.331. The third-order valence-corrected chi connectivity index (χ3v) is 5.95. The maximum atomic E-state index is 14.2. The first-order chi connectivity index (χ1) is 17.2. The number of alkyl halides is 1. The highest BCUT2D eigenvalue weighted by molar-refractivity contribution is 5.94. The number of hydroxylamine groups is 1. The van der Waals surface area contributed by atoms with E-state index in [1.807, 2.05) is 42.5 Å². The first kappa shape index (κ1) is 27.2. The van der Waals surface area contributed by atoms with Gasteiger partial charge in [-0.3, -0.25) is 19.4 Å². The van der Waals surface area contributed by atoms with E-state index >= 15 is 0 Å². The van der Waals surface area contributed by atoms with E-state index in [-0.39, 0.29) is 25.0 Å². The van der Waals surface area contributed by atoms with E-state index in [0.29, 0.717) is 17.5 Å². The number of aliphatic hydroxyl groups is 1. The number of benzene rings is 2. The SMILES string of the molecule is CONC(=O)[C@H](CCC(C)(C)F)C[C@H](O)[C@H](Cc1ccccc1)NC(=O)c1cnc2ccccc2n1. The van der Waals surface area contributed by atoms with Gasteiger partial charge in [0.25, 0.3) is 5.91 Å². The second kappa shape index (κ2) is 12.5. The second-order valence-corrected chi connectivity index (χ2v) is 9.44. The Morgan fingerprint density at radius 3 is 2.42 bits per heavy atom. The van der Waals surface area contributed by atoms with Crippen molar-refractivity contribution in [3.05, 3.63) is 72.1 Å². The molecule has 0 radical (unpaired) electrons. The van der Waals surface area contributed by atoms with E-state index in [1.165, 1.54) is 27.2 Å². The van der Waals surface area contributed by atoms with Gasteiger partial charge in [0.1, 0.15) is 11.4 Å². The van der Waals surface area contributed by atoms with Gasteiger partial charge in [-0.1, -0.05) is 42.5 Å². The zero-order chi connectivity index (χ0) is 26.1. The zero-order valence-electron chi connectivity index (χ0n) is 20.8. The number of hydrogen-bond acceptors (Lipinski definition) is 6. The third kappa shape index (κ3) is 8.07. The molecular formula is C27H33FN4O4. The minimum absolute atomic E-state index is 0.00640. The second-order valence-electron chi connectivity index (χ2n) is 9.44. The lowest BCUT2D eigenvalue weighted by molar-refractivity contribution is -0.137. The number of nitrogens with one attached hydrogen (secondary N) is 2. The molecule has 0 fully saturated rings. The highest BCUT2D eigenvalue weighted by atomic mass is 19.1. The molecule has 0 saturated carbocycles. The van der Waals surface area contributed by atoms with Crippen molar-refractivity contribution in [3.63, 3.8) is 0 Å². The summed E-state index contributed by atoms with van der Waals surface area (Å²) in [5.74, 6) is -1.66. The molecule has 192 valence electrons. The lowest BCUT2D eigenvalue weighted by atomic mass is 9.88. The van der Waals surface area contributed by atoms with E-state index in [9.17, 15) is 19.1 Å². The number of rotatable bonds is 12. The normalized spacial score (nSPS) is 14.1. The molecule has 9 heteroatoms. The molecule has 3 atom stereocenters. The van der Waals surface area contributed by atoms with Crippen molar-refractivity contribution in [1.82, 2.24) is 20.8 Å². The largest absolute Gasteiger partial charge is 0.391 e. The third-order valence-electron chi connectivity index (χ3n) is 5.95. The molecule has 8 nitrogen and oxygen atoms in total. The topological polar surface area (TPSA) is 113 Å². The van der Waals surface area contributed by atoms with Crippen LogP contribution in [0.3, 0.4) is 0 Å². The zero-order valence-corrected chi connectivity index (χ0v) is 20.8. The minimum atomic E-state index is -1.47. The number of fused-ring (bicyclic) bond motifs is 1. The van der Waals surface area contributed by atoms with E-state index in [2.05, 4.69) is 20.8 Å². The van der Waals surface area contributed by atoms with Crippen molar-refractivity contribution in [2.45, 2.75) is 57.3 Å². The molecule has 0 unspecified atom stereocenters. The van der Waals surface area contributed by atoms with Crippen molar-refractivity contribution in [2.75, 3.05) is 7.11 Å². The molecule has 1 heterocycles. The summed E-state index contributed by atoms with van der Waals surface area (Å²) in [6.07, 6.45) is 0.954. The maximum absolute atomic E-state index is 14.2. The van der Waals surface area contributed by atoms with Crippen LogP contribution in [0.5, 0.6) is 0 Å². The molecule has 1 aromatic heterocycles. The molecule has 36 heavy (non-hydrogen) atoms. The summed E-state index contributed by atoms with van der Waals surface area (Å²) in [4.78, 5) is 39.1. The fraction of sp³-hybridized carbons (Fsp3) is 0.407. The number of carbonyl (C=O) groups is 2. The molecule has 0 aliphatic carbocycles. The van der Waals surface area contributed by atoms with Crippen LogP contribution in [0.2, 0.25) is 0 Å². The van der Waals surface area contributed by atoms with Gasteiger partial charge in [-0.25, -0.2) is 14.9 Å². The van der Waals surface area contributed by atoms with Crippen LogP contribution in [-0.4, -0.2) is 51.8 Å². The molecule has 2 aromatic carbocycles. The van der Waals surface area contributed by atoms with Gasteiger partial charge >= 0.3 is 0 Å². The average molecular weight is 497 g/mol. The Bertz CT molecular complexity index is 1150. The fourth-order valence-electron chi connectivity index (χ4n) is 3.97. The monoisotopic (exact) mass is 496 g/mol. The van der Waals surface area contributed by atoms with Gasteiger partial charge in [0.2, 0.25) is 5.91 Å². The van der Waals surface area contributed by atoms with Gasteiger partial charge in [-0.05, 0) is 57.2 Å². The summed E-state index contributed by atoms with van der Waals surface area (Å²) < 4.78 is 14.2. The molecule has 0 spiro atoms. The first-order valence-electron chi connectivity index (χ1n) is 11.9. The lowest BCUT2D eigenvalue weighted by Gasteiger charge is -2.28. The van der Waals surface area contributed by atoms with Crippen LogP contribution in [0, 0.1) is 5.92 Å². The molecule has 0 aliphatic rings. The van der Waals surface area contributed by atoms with E-state index in [0.717, 1.165) is 5.56 Å². The number of nitrogens with zero attached hydrogens (tertiary/aromatic N) is 2.